The molecule has 4 nitrogen and oxygen atoms in total. The highest BCUT2D eigenvalue weighted by Crippen LogP contribution is 2.16. The summed E-state index contributed by atoms with van der Waals surface area (Å²) in [5.74, 6) is 1.01. The lowest BCUT2D eigenvalue weighted by Gasteiger charge is -2.23. The molecule has 1 aromatic rings. The van der Waals surface area contributed by atoms with Crippen LogP contribution in [0.25, 0.3) is 0 Å². The molecule has 0 bridgehead atoms. The third-order valence-corrected chi connectivity index (χ3v) is 4.14. The van der Waals surface area contributed by atoms with Crippen LogP contribution in [0.3, 0.4) is 0 Å². The Hall–Kier alpha value is -1.55. The molecule has 116 valence electrons. The van der Waals surface area contributed by atoms with Crippen LogP contribution in [-0.2, 0) is 11.2 Å². The summed E-state index contributed by atoms with van der Waals surface area (Å²) < 4.78 is 0. The fourth-order valence-corrected chi connectivity index (χ4v) is 2.80. The summed E-state index contributed by atoms with van der Waals surface area (Å²) in [7, 11) is 0. The van der Waals surface area contributed by atoms with Crippen molar-refractivity contribution in [2.75, 3.05) is 13.1 Å². The topological polar surface area (TPSA) is 61.4 Å². The Morgan fingerprint density at radius 2 is 2.00 bits per heavy atom. The van der Waals surface area contributed by atoms with E-state index in [1.54, 1.807) is 12.1 Å². The first kappa shape index (κ1) is 15.8. The van der Waals surface area contributed by atoms with Crippen molar-refractivity contribution in [2.24, 2.45) is 5.92 Å². The lowest BCUT2D eigenvalue weighted by Crippen LogP contribution is -2.36. The van der Waals surface area contributed by atoms with Gasteiger partial charge in [0.1, 0.15) is 5.75 Å². The van der Waals surface area contributed by atoms with E-state index in [9.17, 15) is 9.90 Å². The second-order valence-corrected chi connectivity index (χ2v) is 6.07. The number of carbonyl (C=O) groups excluding carboxylic acids is 1. The number of phenols is 1. The van der Waals surface area contributed by atoms with Crippen LogP contribution in [0.1, 0.15) is 38.2 Å². The Balaban J connectivity index is 1.67. The van der Waals surface area contributed by atoms with Crippen molar-refractivity contribution in [2.45, 2.75) is 45.1 Å². The molecule has 0 aliphatic carbocycles. The fourth-order valence-electron chi connectivity index (χ4n) is 2.80. The van der Waals surface area contributed by atoms with E-state index in [0.717, 1.165) is 38.8 Å². The average Bonchev–Trinajstić information content (AvgIpc) is 2.47. The molecular formula is C17H26N2O2. The summed E-state index contributed by atoms with van der Waals surface area (Å²) in [6, 6.07) is 7.46. The first-order valence-electron chi connectivity index (χ1n) is 7.91. The van der Waals surface area contributed by atoms with Crippen LogP contribution in [0.5, 0.6) is 5.75 Å². The first-order chi connectivity index (χ1) is 10.1. The van der Waals surface area contributed by atoms with Gasteiger partial charge < -0.3 is 15.7 Å². The Labute approximate surface area is 126 Å². The second-order valence-electron chi connectivity index (χ2n) is 6.07. The van der Waals surface area contributed by atoms with Crippen LogP contribution in [0.4, 0.5) is 0 Å². The largest absolute Gasteiger partial charge is 0.508 e. The first-order valence-corrected chi connectivity index (χ1v) is 7.91. The summed E-state index contributed by atoms with van der Waals surface area (Å²) in [5.41, 5.74) is 1.19. The number of amides is 1. The number of aromatic hydroxyl groups is 1. The highest BCUT2D eigenvalue weighted by molar-refractivity contribution is 5.76. The minimum absolute atomic E-state index is 0.181. The van der Waals surface area contributed by atoms with E-state index in [4.69, 9.17) is 0 Å². The maximum absolute atomic E-state index is 12.0. The summed E-state index contributed by atoms with van der Waals surface area (Å²) in [6.07, 6.45) is 4.70. The van der Waals surface area contributed by atoms with E-state index in [1.807, 2.05) is 12.1 Å². The molecule has 1 fully saturated rings. The molecule has 1 amide bonds. The van der Waals surface area contributed by atoms with Crippen molar-refractivity contribution in [1.82, 2.24) is 10.6 Å². The molecule has 2 rings (SSSR count). The van der Waals surface area contributed by atoms with E-state index in [2.05, 4.69) is 17.6 Å². The number of benzene rings is 1. The van der Waals surface area contributed by atoms with E-state index < -0.39 is 0 Å². The van der Waals surface area contributed by atoms with Crippen molar-refractivity contribution >= 4 is 5.91 Å². The van der Waals surface area contributed by atoms with Crippen molar-refractivity contribution < 1.29 is 9.90 Å². The second kappa shape index (κ2) is 8.03. The highest BCUT2D eigenvalue weighted by atomic mass is 16.3. The van der Waals surface area contributed by atoms with Gasteiger partial charge in [-0.1, -0.05) is 12.1 Å². The minimum Gasteiger partial charge on any atom is -0.508 e. The van der Waals surface area contributed by atoms with Crippen LogP contribution in [0, 0.1) is 5.92 Å². The summed E-state index contributed by atoms with van der Waals surface area (Å²) >= 11 is 0. The number of aryl methyl sites for hydroxylation is 1. The van der Waals surface area contributed by atoms with Crippen molar-refractivity contribution in [3.63, 3.8) is 0 Å². The van der Waals surface area contributed by atoms with Gasteiger partial charge in [0.15, 0.2) is 0 Å². The van der Waals surface area contributed by atoms with Gasteiger partial charge in [-0.15, -0.1) is 0 Å². The molecule has 0 aromatic heterocycles. The Morgan fingerprint density at radius 1 is 1.33 bits per heavy atom. The number of rotatable bonds is 6. The van der Waals surface area contributed by atoms with Crippen LogP contribution in [0.2, 0.25) is 0 Å². The van der Waals surface area contributed by atoms with Gasteiger partial charge in [-0.25, -0.2) is 0 Å². The lowest BCUT2D eigenvalue weighted by molar-refractivity contribution is -0.122. The van der Waals surface area contributed by atoms with Gasteiger partial charge >= 0.3 is 0 Å². The van der Waals surface area contributed by atoms with Gasteiger partial charge in [0.2, 0.25) is 5.91 Å². The number of carbonyl (C=O) groups is 1. The van der Waals surface area contributed by atoms with Gasteiger partial charge in [0.25, 0.3) is 0 Å². The van der Waals surface area contributed by atoms with Crippen LogP contribution in [-0.4, -0.2) is 30.1 Å². The number of nitrogens with one attached hydrogen (secondary N) is 2. The zero-order valence-electron chi connectivity index (χ0n) is 12.8. The van der Waals surface area contributed by atoms with Crippen LogP contribution < -0.4 is 10.6 Å². The maximum Gasteiger partial charge on any atom is 0.220 e. The molecule has 1 aliphatic rings. The molecule has 0 radical (unpaired) electrons. The van der Waals surface area contributed by atoms with Gasteiger partial charge in [0.05, 0.1) is 0 Å². The maximum atomic E-state index is 12.0. The van der Waals surface area contributed by atoms with Gasteiger partial charge in [-0.2, -0.15) is 0 Å². The smallest absolute Gasteiger partial charge is 0.220 e. The summed E-state index contributed by atoms with van der Waals surface area (Å²) in [6.45, 7) is 4.13. The third kappa shape index (κ3) is 5.76. The standard InChI is InChI=1S/C17H26N2O2/c1-13(2-3-14-4-6-16(20)7-5-14)19-17(21)12-15-8-10-18-11-9-15/h4-7,13,15,18,20H,2-3,8-12H2,1H3,(H,19,21)/t13-/m0/s1. The molecule has 0 saturated carbocycles. The van der Waals surface area contributed by atoms with E-state index >= 15 is 0 Å². The van der Waals surface area contributed by atoms with Crippen molar-refractivity contribution in [3.05, 3.63) is 29.8 Å². The average molecular weight is 290 g/mol. The van der Waals surface area contributed by atoms with Crippen LogP contribution in [0.15, 0.2) is 24.3 Å². The van der Waals surface area contributed by atoms with Crippen molar-refractivity contribution in [1.29, 1.82) is 0 Å². The molecule has 1 saturated heterocycles. The molecular weight excluding hydrogens is 264 g/mol. The summed E-state index contributed by atoms with van der Waals surface area (Å²) in [4.78, 5) is 12.0. The highest BCUT2D eigenvalue weighted by Gasteiger charge is 2.17. The minimum atomic E-state index is 0.181. The number of hydrogen-bond donors (Lipinski definition) is 3. The molecule has 4 heteroatoms. The zero-order chi connectivity index (χ0) is 15.1. The number of hydrogen-bond acceptors (Lipinski definition) is 3. The molecule has 0 unspecified atom stereocenters. The third-order valence-electron chi connectivity index (χ3n) is 4.14. The Morgan fingerprint density at radius 3 is 2.67 bits per heavy atom. The van der Waals surface area contributed by atoms with Crippen molar-refractivity contribution in [3.8, 4) is 5.75 Å². The Kier molecular flexibility index (Phi) is 6.05. The Bertz CT molecular complexity index is 439. The molecule has 21 heavy (non-hydrogen) atoms. The molecule has 1 aliphatic heterocycles. The van der Waals surface area contributed by atoms with Crippen LogP contribution >= 0.6 is 0 Å². The number of piperidine rings is 1. The van der Waals surface area contributed by atoms with E-state index in [-0.39, 0.29) is 11.9 Å². The quantitative estimate of drug-likeness (QED) is 0.753. The molecule has 0 spiro atoms. The van der Waals surface area contributed by atoms with Gasteiger partial charge in [0, 0.05) is 12.5 Å². The normalized spacial score (nSPS) is 17.4. The molecule has 1 heterocycles. The SMILES string of the molecule is C[C@@H](CCc1ccc(O)cc1)NC(=O)CC1CCNCC1. The fraction of sp³-hybridized carbons (Fsp3) is 0.588. The predicted molar refractivity (Wildman–Crippen MR) is 84.2 cm³/mol. The van der Waals surface area contributed by atoms with E-state index in [0.29, 0.717) is 18.1 Å². The predicted octanol–water partition coefficient (Wildman–Crippen LogP) is 2.22. The monoisotopic (exact) mass is 290 g/mol. The molecule has 1 aromatic carbocycles. The van der Waals surface area contributed by atoms with Gasteiger partial charge in [-0.05, 0) is 69.3 Å². The molecule has 3 N–H and O–H groups in total. The number of phenolic OH excluding ortho intramolecular Hbond substituents is 1. The lowest BCUT2D eigenvalue weighted by atomic mass is 9.94. The van der Waals surface area contributed by atoms with E-state index in [1.165, 1.54) is 5.56 Å². The zero-order valence-corrected chi connectivity index (χ0v) is 12.8. The molecule has 1 atom stereocenters. The van der Waals surface area contributed by atoms with Gasteiger partial charge in [-0.3, -0.25) is 4.79 Å². The summed E-state index contributed by atoms with van der Waals surface area (Å²) in [5, 5.41) is 15.7.